The van der Waals surface area contributed by atoms with E-state index in [1.165, 1.54) is 6.07 Å². The van der Waals surface area contributed by atoms with Gasteiger partial charge in [0.25, 0.3) is 5.69 Å². The molecule has 1 aromatic carbocycles. The minimum absolute atomic E-state index is 0.0559. The van der Waals surface area contributed by atoms with Crippen LogP contribution in [-0.2, 0) is 0 Å². The van der Waals surface area contributed by atoms with Gasteiger partial charge in [0.15, 0.2) is 0 Å². The molecule has 0 bridgehead atoms. The zero-order chi connectivity index (χ0) is 12.7. The van der Waals surface area contributed by atoms with Crippen molar-refractivity contribution in [3.8, 4) is 0 Å². The van der Waals surface area contributed by atoms with Crippen LogP contribution >= 0.6 is 23.4 Å². The summed E-state index contributed by atoms with van der Waals surface area (Å²) in [6.07, 6.45) is 1.04. The third-order valence-corrected chi connectivity index (χ3v) is 3.45. The standard InChI is InChI=1S/C11H15ClN2O2S/c1-2-17-7-3-6-13-9-4-5-10(12)11(8-9)14(15)16/h4-5,8,13H,2-3,6-7H2,1H3. The molecule has 0 amide bonds. The van der Waals surface area contributed by atoms with Crippen LogP contribution in [-0.4, -0.2) is 23.0 Å². The highest BCUT2D eigenvalue weighted by atomic mass is 35.5. The van der Waals surface area contributed by atoms with Gasteiger partial charge in [0.05, 0.1) is 4.92 Å². The monoisotopic (exact) mass is 274 g/mol. The summed E-state index contributed by atoms with van der Waals surface area (Å²) in [6.45, 7) is 2.94. The molecule has 0 radical (unpaired) electrons. The van der Waals surface area contributed by atoms with Crippen LogP contribution in [0.2, 0.25) is 5.02 Å². The molecule has 0 atom stereocenters. The lowest BCUT2D eigenvalue weighted by molar-refractivity contribution is -0.384. The Morgan fingerprint density at radius 2 is 2.29 bits per heavy atom. The molecule has 0 heterocycles. The summed E-state index contributed by atoms with van der Waals surface area (Å²) in [5.74, 6) is 2.21. The van der Waals surface area contributed by atoms with Crippen LogP contribution in [0.3, 0.4) is 0 Å². The van der Waals surface area contributed by atoms with Crippen molar-refractivity contribution in [2.75, 3.05) is 23.4 Å². The highest BCUT2D eigenvalue weighted by Crippen LogP contribution is 2.27. The van der Waals surface area contributed by atoms with Crippen molar-refractivity contribution >= 4 is 34.7 Å². The van der Waals surface area contributed by atoms with Crippen LogP contribution in [0.25, 0.3) is 0 Å². The third kappa shape index (κ3) is 4.83. The number of benzene rings is 1. The number of nitro benzene ring substituents is 1. The molecule has 0 unspecified atom stereocenters. The van der Waals surface area contributed by atoms with E-state index in [0.717, 1.165) is 30.2 Å². The van der Waals surface area contributed by atoms with Crippen LogP contribution in [0.15, 0.2) is 18.2 Å². The van der Waals surface area contributed by atoms with Crippen molar-refractivity contribution in [1.29, 1.82) is 0 Å². The third-order valence-electron chi connectivity index (χ3n) is 2.14. The van der Waals surface area contributed by atoms with Crippen molar-refractivity contribution in [2.24, 2.45) is 0 Å². The average Bonchev–Trinajstić information content (AvgIpc) is 2.30. The lowest BCUT2D eigenvalue weighted by atomic mass is 10.2. The SMILES string of the molecule is CCSCCCNc1ccc(Cl)c([N+](=O)[O-])c1. The number of anilines is 1. The van der Waals surface area contributed by atoms with E-state index in [2.05, 4.69) is 12.2 Å². The molecule has 0 aromatic heterocycles. The molecule has 0 aliphatic rings. The summed E-state index contributed by atoms with van der Waals surface area (Å²) in [6, 6.07) is 4.76. The lowest BCUT2D eigenvalue weighted by Crippen LogP contribution is -2.03. The number of nitro groups is 1. The number of thioether (sulfide) groups is 1. The fourth-order valence-electron chi connectivity index (χ4n) is 1.31. The Balaban J connectivity index is 2.49. The van der Waals surface area contributed by atoms with Gasteiger partial charge in [-0.3, -0.25) is 10.1 Å². The molecule has 17 heavy (non-hydrogen) atoms. The Morgan fingerprint density at radius 1 is 1.53 bits per heavy atom. The van der Waals surface area contributed by atoms with Gasteiger partial charge in [-0.15, -0.1) is 0 Å². The number of hydrogen-bond donors (Lipinski definition) is 1. The first-order chi connectivity index (χ1) is 8.15. The molecule has 6 heteroatoms. The Bertz CT molecular complexity index is 388. The van der Waals surface area contributed by atoms with Gasteiger partial charge in [-0.1, -0.05) is 18.5 Å². The van der Waals surface area contributed by atoms with E-state index in [1.807, 2.05) is 11.8 Å². The molecule has 0 saturated carbocycles. The fourth-order valence-corrected chi connectivity index (χ4v) is 2.14. The minimum atomic E-state index is -0.472. The van der Waals surface area contributed by atoms with E-state index >= 15 is 0 Å². The number of hydrogen-bond acceptors (Lipinski definition) is 4. The maximum Gasteiger partial charge on any atom is 0.289 e. The van der Waals surface area contributed by atoms with Gasteiger partial charge in [0, 0.05) is 18.3 Å². The van der Waals surface area contributed by atoms with Crippen molar-refractivity contribution < 1.29 is 4.92 Å². The van der Waals surface area contributed by atoms with Crippen molar-refractivity contribution in [3.05, 3.63) is 33.3 Å². The van der Waals surface area contributed by atoms with Crippen LogP contribution in [0.4, 0.5) is 11.4 Å². The maximum absolute atomic E-state index is 10.7. The molecule has 1 aromatic rings. The Kier molecular flexibility index (Phi) is 6.15. The fraction of sp³-hybridized carbons (Fsp3) is 0.455. The van der Waals surface area contributed by atoms with Gasteiger partial charge in [-0.25, -0.2) is 0 Å². The molecular formula is C11H15ClN2O2S. The zero-order valence-corrected chi connectivity index (χ0v) is 11.2. The molecule has 0 fully saturated rings. The highest BCUT2D eigenvalue weighted by molar-refractivity contribution is 7.99. The predicted molar refractivity (Wildman–Crippen MR) is 74.2 cm³/mol. The Hall–Kier alpha value is -0.940. The summed E-state index contributed by atoms with van der Waals surface area (Å²) in [4.78, 5) is 10.2. The number of rotatable bonds is 7. The first-order valence-electron chi connectivity index (χ1n) is 5.40. The van der Waals surface area contributed by atoms with E-state index in [0.29, 0.717) is 0 Å². The van der Waals surface area contributed by atoms with Crippen molar-refractivity contribution in [3.63, 3.8) is 0 Å². The summed E-state index contributed by atoms with van der Waals surface area (Å²) in [5, 5.41) is 14.0. The van der Waals surface area contributed by atoms with Gasteiger partial charge in [-0.05, 0) is 30.1 Å². The molecule has 94 valence electrons. The van der Waals surface area contributed by atoms with Gasteiger partial charge >= 0.3 is 0 Å². The number of halogens is 1. The largest absolute Gasteiger partial charge is 0.385 e. The normalized spacial score (nSPS) is 10.2. The van der Waals surface area contributed by atoms with E-state index in [9.17, 15) is 10.1 Å². The Morgan fingerprint density at radius 3 is 2.94 bits per heavy atom. The predicted octanol–water partition coefficient (Wildman–Crippen LogP) is 3.80. The van der Waals surface area contributed by atoms with Crippen molar-refractivity contribution in [2.45, 2.75) is 13.3 Å². The molecule has 4 nitrogen and oxygen atoms in total. The van der Waals surface area contributed by atoms with Gasteiger partial charge in [-0.2, -0.15) is 11.8 Å². The van der Waals surface area contributed by atoms with E-state index in [4.69, 9.17) is 11.6 Å². The number of nitrogens with one attached hydrogen (secondary N) is 1. The maximum atomic E-state index is 10.7. The summed E-state index contributed by atoms with van der Waals surface area (Å²) >= 11 is 7.61. The summed E-state index contributed by atoms with van der Waals surface area (Å²) in [7, 11) is 0. The van der Waals surface area contributed by atoms with Gasteiger partial charge < -0.3 is 5.32 Å². The van der Waals surface area contributed by atoms with E-state index in [1.54, 1.807) is 12.1 Å². The van der Waals surface area contributed by atoms with E-state index in [-0.39, 0.29) is 10.7 Å². The van der Waals surface area contributed by atoms with Crippen LogP contribution < -0.4 is 5.32 Å². The van der Waals surface area contributed by atoms with Crippen LogP contribution in [0.1, 0.15) is 13.3 Å². The lowest BCUT2D eigenvalue weighted by Gasteiger charge is -2.06. The second-order valence-electron chi connectivity index (χ2n) is 3.40. The highest BCUT2D eigenvalue weighted by Gasteiger charge is 2.12. The average molecular weight is 275 g/mol. The van der Waals surface area contributed by atoms with Gasteiger partial charge in [0.1, 0.15) is 5.02 Å². The summed E-state index contributed by atoms with van der Waals surface area (Å²) in [5.41, 5.74) is 0.683. The molecule has 0 aliphatic heterocycles. The molecular weight excluding hydrogens is 260 g/mol. The molecule has 0 spiro atoms. The van der Waals surface area contributed by atoms with E-state index < -0.39 is 4.92 Å². The molecule has 0 saturated heterocycles. The topological polar surface area (TPSA) is 55.2 Å². The Labute approximate surface area is 110 Å². The second-order valence-corrected chi connectivity index (χ2v) is 5.20. The minimum Gasteiger partial charge on any atom is -0.385 e. The van der Waals surface area contributed by atoms with Gasteiger partial charge in [0.2, 0.25) is 0 Å². The van der Waals surface area contributed by atoms with Crippen LogP contribution in [0.5, 0.6) is 0 Å². The molecule has 0 aliphatic carbocycles. The zero-order valence-electron chi connectivity index (χ0n) is 9.61. The summed E-state index contributed by atoms with van der Waals surface area (Å²) < 4.78 is 0. The number of nitrogens with zero attached hydrogens (tertiary/aromatic N) is 1. The quantitative estimate of drug-likeness (QED) is 0.467. The van der Waals surface area contributed by atoms with Crippen LogP contribution in [0, 0.1) is 10.1 Å². The first-order valence-corrected chi connectivity index (χ1v) is 6.94. The second kappa shape index (κ2) is 7.40. The molecule has 1 N–H and O–H groups in total. The first kappa shape index (κ1) is 14.1. The smallest absolute Gasteiger partial charge is 0.289 e. The molecule has 1 rings (SSSR count). The van der Waals surface area contributed by atoms with Crippen molar-refractivity contribution in [1.82, 2.24) is 0 Å².